The van der Waals surface area contributed by atoms with Gasteiger partial charge in [-0.1, -0.05) is 17.7 Å². The molecule has 0 aromatic heterocycles. The number of hydrogen-bond acceptors (Lipinski definition) is 4. The Morgan fingerprint density at radius 1 is 1.39 bits per heavy atom. The summed E-state index contributed by atoms with van der Waals surface area (Å²) in [4.78, 5) is 23.5. The quantitative estimate of drug-likeness (QED) is 0.723. The van der Waals surface area contributed by atoms with Crippen LogP contribution in [-0.2, 0) is 9.59 Å². The van der Waals surface area contributed by atoms with Crippen LogP contribution in [0.25, 0.3) is 0 Å². The van der Waals surface area contributed by atoms with E-state index in [2.05, 4.69) is 5.32 Å². The Kier molecular flexibility index (Phi) is 8.43. The van der Waals surface area contributed by atoms with E-state index >= 15 is 0 Å². The fourth-order valence-electron chi connectivity index (χ4n) is 2.20. The SMILES string of the molecule is Cc1ccc(O)cc1Cl.O=CNC(CO)C(=O)N1CCCCC1. The van der Waals surface area contributed by atoms with Crippen molar-refractivity contribution in [2.45, 2.75) is 32.2 Å². The second-order valence-electron chi connectivity index (χ2n) is 5.34. The lowest BCUT2D eigenvalue weighted by atomic mass is 10.1. The normalized spacial score (nSPS) is 15.2. The molecule has 0 spiro atoms. The molecule has 1 fully saturated rings. The first-order chi connectivity index (χ1) is 11.0. The summed E-state index contributed by atoms with van der Waals surface area (Å²) in [7, 11) is 0. The van der Waals surface area contributed by atoms with E-state index < -0.39 is 6.04 Å². The van der Waals surface area contributed by atoms with Crippen LogP contribution in [-0.4, -0.2) is 53.2 Å². The Morgan fingerprint density at radius 2 is 2.04 bits per heavy atom. The fourth-order valence-corrected chi connectivity index (χ4v) is 2.38. The summed E-state index contributed by atoms with van der Waals surface area (Å²) in [5.41, 5.74) is 0.981. The highest BCUT2D eigenvalue weighted by Crippen LogP contribution is 2.19. The molecule has 2 amide bonds. The van der Waals surface area contributed by atoms with Gasteiger partial charge in [-0.05, 0) is 43.9 Å². The molecule has 1 atom stereocenters. The van der Waals surface area contributed by atoms with Gasteiger partial charge in [0.1, 0.15) is 11.8 Å². The Hall–Kier alpha value is -1.79. The maximum Gasteiger partial charge on any atom is 0.247 e. The Labute approximate surface area is 141 Å². The number of aliphatic hydroxyl groups excluding tert-OH is 1. The van der Waals surface area contributed by atoms with E-state index in [1.807, 2.05) is 6.92 Å². The van der Waals surface area contributed by atoms with Crippen molar-refractivity contribution in [3.8, 4) is 5.75 Å². The van der Waals surface area contributed by atoms with Crippen molar-refractivity contribution >= 4 is 23.9 Å². The number of aromatic hydroxyl groups is 1. The van der Waals surface area contributed by atoms with Gasteiger partial charge in [0, 0.05) is 18.1 Å². The van der Waals surface area contributed by atoms with Gasteiger partial charge in [-0.2, -0.15) is 0 Å². The predicted molar refractivity (Wildman–Crippen MR) is 88.4 cm³/mol. The van der Waals surface area contributed by atoms with Gasteiger partial charge in [0.2, 0.25) is 12.3 Å². The highest BCUT2D eigenvalue weighted by molar-refractivity contribution is 6.31. The van der Waals surface area contributed by atoms with E-state index in [1.54, 1.807) is 17.0 Å². The molecule has 6 nitrogen and oxygen atoms in total. The summed E-state index contributed by atoms with van der Waals surface area (Å²) in [5, 5.41) is 20.7. The first-order valence-corrected chi connectivity index (χ1v) is 7.91. The molecule has 1 unspecified atom stereocenters. The zero-order chi connectivity index (χ0) is 17.2. The number of phenols is 1. The van der Waals surface area contributed by atoms with Gasteiger partial charge in [-0.25, -0.2) is 0 Å². The van der Waals surface area contributed by atoms with Crippen LogP contribution in [0.3, 0.4) is 0 Å². The van der Waals surface area contributed by atoms with Crippen molar-refractivity contribution < 1.29 is 19.8 Å². The zero-order valence-electron chi connectivity index (χ0n) is 13.2. The van der Waals surface area contributed by atoms with Crippen LogP contribution in [0.5, 0.6) is 5.75 Å². The third-order valence-electron chi connectivity index (χ3n) is 3.57. The van der Waals surface area contributed by atoms with Crippen molar-refractivity contribution in [3.05, 3.63) is 28.8 Å². The second kappa shape index (κ2) is 10.1. The molecular formula is C16H23ClN2O4. The monoisotopic (exact) mass is 342 g/mol. The minimum atomic E-state index is -0.773. The van der Waals surface area contributed by atoms with Crippen LogP contribution in [0.4, 0.5) is 0 Å². The number of carbonyl (C=O) groups excluding carboxylic acids is 2. The minimum Gasteiger partial charge on any atom is -0.508 e. The van der Waals surface area contributed by atoms with E-state index in [0.29, 0.717) is 11.4 Å². The van der Waals surface area contributed by atoms with Gasteiger partial charge in [-0.3, -0.25) is 9.59 Å². The first kappa shape index (κ1) is 19.3. The summed E-state index contributed by atoms with van der Waals surface area (Å²) >= 11 is 5.65. The molecule has 23 heavy (non-hydrogen) atoms. The molecular weight excluding hydrogens is 320 g/mol. The number of carbonyl (C=O) groups is 2. The largest absolute Gasteiger partial charge is 0.508 e. The zero-order valence-corrected chi connectivity index (χ0v) is 13.9. The molecule has 1 aromatic carbocycles. The van der Waals surface area contributed by atoms with Crippen LogP contribution in [0, 0.1) is 6.92 Å². The number of nitrogens with zero attached hydrogens (tertiary/aromatic N) is 1. The molecule has 3 N–H and O–H groups in total. The predicted octanol–water partition coefficient (Wildman–Crippen LogP) is 1.46. The number of piperidine rings is 1. The van der Waals surface area contributed by atoms with Crippen molar-refractivity contribution in [2.24, 2.45) is 0 Å². The van der Waals surface area contributed by atoms with E-state index in [-0.39, 0.29) is 18.3 Å². The topological polar surface area (TPSA) is 89.9 Å². The van der Waals surface area contributed by atoms with Crippen molar-refractivity contribution in [1.82, 2.24) is 10.2 Å². The van der Waals surface area contributed by atoms with E-state index in [4.69, 9.17) is 21.8 Å². The fraction of sp³-hybridized carbons (Fsp3) is 0.500. The van der Waals surface area contributed by atoms with Gasteiger partial charge in [0.05, 0.1) is 6.61 Å². The molecule has 128 valence electrons. The standard InChI is InChI=1S/C9H16N2O3.C7H7ClO/c12-6-8(10-7-13)9(14)11-4-2-1-3-5-11;1-5-2-3-6(9)4-7(5)8/h7-8,12H,1-6H2,(H,10,13);2-4,9H,1H3. The molecule has 1 aliphatic rings. The van der Waals surface area contributed by atoms with Crippen LogP contribution >= 0.6 is 11.6 Å². The molecule has 0 radical (unpaired) electrons. The number of halogens is 1. The molecule has 1 heterocycles. The second-order valence-corrected chi connectivity index (χ2v) is 5.75. The average molecular weight is 343 g/mol. The van der Waals surface area contributed by atoms with Gasteiger partial charge in [0.25, 0.3) is 0 Å². The summed E-state index contributed by atoms with van der Waals surface area (Å²) in [6, 6.07) is 4.14. The molecule has 1 aliphatic heterocycles. The summed E-state index contributed by atoms with van der Waals surface area (Å²) in [5.74, 6) is 0.0323. The lowest BCUT2D eigenvalue weighted by Gasteiger charge is -2.29. The highest BCUT2D eigenvalue weighted by Gasteiger charge is 2.24. The molecule has 0 bridgehead atoms. The summed E-state index contributed by atoms with van der Waals surface area (Å²) in [6.07, 6.45) is 3.60. The number of hydrogen-bond donors (Lipinski definition) is 3. The van der Waals surface area contributed by atoms with Gasteiger partial charge in [-0.15, -0.1) is 0 Å². The van der Waals surface area contributed by atoms with Crippen LogP contribution < -0.4 is 5.32 Å². The maximum absolute atomic E-state index is 11.7. The molecule has 0 aliphatic carbocycles. The molecule has 1 saturated heterocycles. The lowest BCUT2D eigenvalue weighted by molar-refractivity contribution is -0.136. The molecule has 7 heteroatoms. The van der Waals surface area contributed by atoms with Gasteiger partial charge in [0.15, 0.2) is 0 Å². The highest BCUT2D eigenvalue weighted by atomic mass is 35.5. The van der Waals surface area contributed by atoms with Crippen molar-refractivity contribution in [3.63, 3.8) is 0 Å². The average Bonchev–Trinajstić information content (AvgIpc) is 2.57. The van der Waals surface area contributed by atoms with E-state index in [1.165, 1.54) is 6.07 Å². The number of likely N-dealkylation sites (tertiary alicyclic amines) is 1. The number of nitrogens with one attached hydrogen (secondary N) is 1. The smallest absolute Gasteiger partial charge is 0.247 e. The Bertz CT molecular complexity index is 519. The van der Waals surface area contributed by atoms with E-state index in [9.17, 15) is 9.59 Å². The summed E-state index contributed by atoms with van der Waals surface area (Å²) in [6.45, 7) is 3.02. The van der Waals surface area contributed by atoms with Crippen LogP contribution in [0.1, 0.15) is 24.8 Å². The summed E-state index contributed by atoms with van der Waals surface area (Å²) < 4.78 is 0. The van der Waals surface area contributed by atoms with Crippen LogP contribution in [0.15, 0.2) is 18.2 Å². The minimum absolute atomic E-state index is 0.181. The number of aryl methyl sites for hydroxylation is 1. The van der Waals surface area contributed by atoms with Crippen LogP contribution in [0.2, 0.25) is 5.02 Å². The number of phenolic OH excluding ortho intramolecular Hbond substituents is 1. The number of rotatable bonds is 4. The number of aliphatic hydroxyl groups is 1. The first-order valence-electron chi connectivity index (χ1n) is 7.54. The number of amides is 2. The maximum atomic E-state index is 11.7. The molecule has 2 rings (SSSR count). The lowest BCUT2D eigenvalue weighted by Crippen LogP contribution is -2.49. The third-order valence-corrected chi connectivity index (χ3v) is 3.98. The van der Waals surface area contributed by atoms with E-state index in [0.717, 1.165) is 37.9 Å². The van der Waals surface area contributed by atoms with Gasteiger partial charge >= 0.3 is 0 Å². The van der Waals surface area contributed by atoms with Crippen molar-refractivity contribution in [1.29, 1.82) is 0 Å². The van der Waals surface area contributed by atoms with Crippen molar-refractivity contribution in [2.75, 3.05) is 19.7 Å². The molecule has 0 saturated carbocycles. The number of benzene rings is 1. The molecule has 1 aromatic rings. The third kappa shape index (κ3) is 6.46. The Morgan fingerprint density at radius 3 is 2.52 bits per heavy atom. The Balaban J connectivity index is 0.000000253. The van der Waals surface area contributed by atoms with Gasteiger partial charge < -0.3 is 20.4 Å².